The number of aromatic nitrogens is 1. The topological polar surface area (TPSA) is 42.0 Å². The predicted octanol–water partition coefficient (Wildman–Crippen LogP) is 5.97. The van der Waals surface area contributed by atoms with Crippen molar-refractivity contribution in [3.8, 4) is 0 Å². The van der Waals surface area contributed by atoms with Crippen molar-refractivity contribution in [3.63, 3.8) is 0 Å². The van der Waals surface area contributed by atoms with Crippen molar-refractivity contribution in [1.82, 2.24) is 10.3 Å². The van der Waals surface area contributed by atoms with E-state index in [2.05, 4.69) is 22.6 Å². The Morgan fingerprint density at radius 3 is 2.54 bits per heavy atom. The molecule has 134 valence electrons. The third kappa shape index (κ3) is 5.10. The maximum atomic E-state index is 12.6. The van der Waals surface area contributed by atoms with Gasteiger partial charge in [0.15, 0.2) is 0 Å². The van der Waals surface area contributed by atoms with Crippen LogP contribution in [0.1, 0.15) is 41.0 Å². The number of amides is 1. The van der Waals surface area contributed by atoms with E-state index in [-0.39, 0.29) is 11.9 Å². The number of thioether (sulfide) groups is 1. The number of halogens is 1. The first-order chi connectivity index (χ1) is 12.7. The van der Waals surface area contributed by atoms with E-state index in [1.165, 1.54) is 0 Å². The summed E-state index contributed by atoms with van der Waals surface area (Å²) in [7, 11) is 0. The molecule has 1 aromatic heterocycles. The van der Waals surface area contributed by atoms with Gasteiger partial charge in [-0.25, -0.2) is 4.98 Å². The first-order valence-electron chi connectivity index (χ1n) is 8.32. The zero-order chi connectivity index (χ0) is 18.4. The number of hydrogen-bond donors (Lipinski definition) is 1. The van der Waals surface area contributed by atoms with Crippen molar-refractivity contribution >= 4 is 40.6 Å². The molecule has 1 unspecified atom stereocenters. The molecular formula is C20H19ClN2OS2. The van der Waals surface area contributed by atoms with E-state index in [1.54, 1.807) is 23.1 Å². The second-order valence-corrected chi connectivity index (χ2v) is 7.98. The number of carbonyl (C=O) groups is 1. The van der Waals surface area contributed by atoms with Crippen LogP contribution in [0.3, 0.4) is 0 Å². The molecule has 26 heavy (non-hydrogen) atoms. The second-order valence-electron chi connectivity index (χ2n) is 5.78. The van der Waals surface area contributed by atoms with Crippen molar-refractivity contribution < 1.29 is 4.79 Å². The largest absolute Gasteiger partial charge is 0.345 e. The Bertz CT molecular complexity index is 833. The molecule has 3 rings (SSSR count). The van der Waals surface area contributed by atoms with Crippen LogP contribution >= 0.6 is 34.7 Å². The average Bonchev–Trinajstić information content (AvgIpc) is 3.19. The van der Waals surface area contributed by atoms with Gasteiger partial charge in [0.25, 0.3) is 5.91 Å². The van der Waals surface area contributed by atoms with Gasteiger partial charge in [0, 0.05) is 26.6 Å². The quantitative estimate of drug-likeness (QED) is 0.495. The van der Waals surface area contributed by atoms with Gasteiger partial charge in [0.2, 0.25) is 0 Å². The number of thiazole rings is 1. The highest BCUT2D eigenvalue weighted by molar-refractivity contribution is 7.98. The lowest BCUT2D eigenvalue weighted by Gasteiger charge is -2.17. The monoisotopic (exact) mass is 402 g/mol. The van der Waals surface area contributed by atoms with Crippen molar-refractivity contribution in [2.75, 3.05) is 0 Å². The molecule has 1 atom stereocenters. The summed E-state index contributed by atoms with van der Waals surface area (Å²) >= 11 is 9.26. The standard InChI is InChI=1S/C20H19ClN2OS2/c1-2-19(14-3-7-16(21)8-4-14)23-20(24)15-5-9-18(10-6-15)26-12-17-11-25-13-22-17/h3-11,13,19H,2,12H2,1H3,(H,23,24). The molecule has 0 spiro atoms. The molecule has 1 N–H and O–H groups in total. The van der Waals surface area contributed by atoms with Gasteiger partial charge in [0.05, 0.1) is 17.2 Å². The molecule has 0 aliphatic carbocycles. The van der Waals surface area contributed by atoms with Crippen LogP contribution in [-0.4, -0.2) is 10.9 Å². The molecule has 6 heteroatoms. The Balaban J connectivity index is 1.60. The van der Waals surface area contributed by atoms with Crippen molar-refractivity contribution in [1.29, 1.82) is 0 Å². The van der Waals surface area contributed by atoms with E-state index in [0.29, 0.717) is 10.6 Å². The van der Waals surface area contributed by atoms with Crippen molar-refractivity contribution in [2.24, 2.45) is 0 Å². The summed E-state index contributed by atoms with van der Waals surface area (Å²) in [5.41, 5.74) is 4.64. The Morgan fingerprint density at radius 2 is 1.92 bits per heavy atom. The highest BCUT2D eigenvalue weighted by Crippen LogP contribution is 2.24. The Kier molecular flexibility index (Phi) is 6.72. The highest BCUT2D eigenvalue weighted by atomic mass is 35.5. The summed E-state index contributed by atoms with van der Waals surface area (Å²) in [5, 5.41) is 5.84. The van der Waals surface area contributed by atoms with Gasteiger partial charge < -0.3 is 5.32 Å². The van der Waals surface area contributed by atoms with Gasteiger partial charge in [-0.3, -0.25) is 4.79 Å². The molecule has 0 radical (unpaired) electrons. The third-order valence-corrected chi connectivity index (χ3v) is 5.91. The minimum Gasteiger partial charge on any atom is -0.345 e. The van der Waals surface area contributed by atoms with E-state index in [0.717, 1.165) is 28.3 Å². The molecule has 1 amide bonds. The van der Waals surface area contributed by atoms with E-state index >= 15 is 0 Å². The maximum Gasteiger partial charge on any atom is 0.251 e. The van der Waals surface area contributed by atoms with Crippen LogP contribution in [-0.2, 0) is 5.75 Å². The molecule has 0 saturated heterocycles. The SMILES string of the molecule is CCC(NC(=O)c1ccc(SCc2cscn2)cc1)c1ccc(Cl)cc1. The Morgan fingerprint density at radius 1 is 1.19 bits per heavy atom. The van der Waals surface area contributed by atoms with Crippen LogP contribution in [0.4, 0.5) is 0 Å². The maximum absolute atomic E-state index is 12.6. The number of benzene rings is 2. The number of hydrogen-bond acceptors (Lipinski definition) is 4. The average molecular weight is 403 g/mol. The van der Waals surface area contributed by atoms with E-state index < -0.39 is 0 Å². The van der Waals surface area contributed by atoms with Crippen LogP contribution in [0.2, 0.25) is 5.02 Å². The van der Waals surface area contributed by atoms with Crippen LogP contribution in [0.25, 0.3) is 0 Å². The molecule has 3 aromatic rings. The fourth-order valence-corrected chi connectivity index (χ4v) is 4.12. The van der Waals surface area contributed by atoms with Crippen molar-refractivity contribution in [2.45, 2.75) is 30.0 Å². The smallest absolute Gasteiger partial charge is 0.251 e. The molecular weight excluding hydrogens is 384 g/mol. The highest BCUT2D eigenvalue weighted by Gasteiger charge is 2.14. The number of carbonyl (C=O) groups excluding carboxylic acids is 1. The molecule has 2 aromatic carbocycles. The summed E-state index contributed by atoms with van der Waals surface area (Å²) in [4.78, 5) is 18.0. The van der Waals surface area contributed by atoms with Gasteiger partial charge in [-0.1, -0.05) is 30.7 Å². The molecule has 3 nitrogen and oxygen atoms in total. The first-order valence-corrected chi connectivity index (χ1v) is 10.6. The number of rotatable bonds is 7. The fourth-order valence-electron chi connectivity index (χ4n) is 2.53. The van der Waals surface area contributed by atoms with Crippen LogP contribution in [0.5, 0.6) is 0 Å². The van der Waals surface area contributed by atoms with Gasteiger partial charge in [-0.15, -0.1) is 23.1 Å². The summed E-state index contributed by atoms with van der Waals surface area (Å²) in [6.45, 7) is 2.05. The van der Waals surface area contributed by atoms with Gasteiger partial charge >= 0.3 is 0 Å². The lowest BCUT2D eigenvalue weighted by atomic mass is 10.0. The summed E-state index contributed by atoms with van der Waals surface area (Å²) in [5.74, 6) is 0.770. The van der Waals surface area contributed by atoms with E-state index in [1.807, 2.05) is 54.0 Å². The zero-order valence-electron chi connectivity index (χ0n) is 14.3. The van der Waals surface area contributed by atoms with Gasteiger partial charge in [-0.2, -0.15) is 0 Å². The number of nitrogens with zero attached hydrogens (tertiary/aromatic N) is 1. The third-order valence-electron chi connectivity index (χ3n) is 3.97. The lowest BCUT2D eigenvalue weighted by Crippen LogP contribution is -2.28. The van der Waals surface area contributed by atoms with E-state index in [4.69, 9.17) is 11.6 Å². The van der Waals surface area contributed by atoms with Gasteiger partial charge in [-0.05, 0) is 48.4 Å². The molecule has 0 saturated carbocycles. The lowest BCUT2D eigenvalue weighted by molar-refractivity contribution is 0.0935. The van der Waals surface area contributed by atoms with Crippen LogP contribution in [0, 0.1) is 0 Å². The molecule has 0 aliphatic heterocycles. The molecule has 0 fully saturated rings. The normalized spacial score (nSPS) is 11.9. The number of nitrogens with one attached hydrogen (secondary N) is 1. The fraction of sp³-hybridized carbons (Fsp3) is 0.200. The van der Waals surface area contributed by atoms with Gasteiger partial charge in [0.1, 0.15) is 0 Å². The minimum absolute atomic E-state index is 0.0292. The Hall–Kier alpha value is -1.82. The predicted molar refractivity (Wildman–Crippen MR) is 110 cm³/mol. The molecule has 0 aliphatic rings. The first kappa shape index (κ1) is 19.0. The summed E-state index contributed by atoms with van der Waals surface area (Å²) in [6.07, 6.45) is 0.814. The second kappa shape index (κ2) is 9.21. The molecule has 1 heterocycles. The Labute approximate surface area is 166 Å². The minimum atomic E-state index is -0.0668. The van der Waals surface area contributed by atoms with E-state index in [9.17, 15) is 4.79 Å². The summed E-state index contributed by atoms with van der Waals surface area (Å²) in [6, 6.07) is 15.3. The summed E-state index contributed by atoms with van der Waals surface area (Å²) < 4.78 is 0. The van der Waals surface area contributed by atoms with Crippen LogP contribution in [0.15, 0.2) is 64.3 Å². The zero-order valence-corrected chi connectivity index (χ0v) is 16.7. The van der Waals surface area contributed by atoms with Crippen molar-refractivity contribution in [3.05, 3.63) is 81.3 Å². The van der Waals surface area contributed by atoms with Crippen LogP contribution < -0.4 is 5.32 Å². The molecule has 0 bridgehead atoms.